The molecule has 0 aromatic heterocycles. The van der Waals surface area contributed by atoms with Crippen LogP contribution in [0.15, 0.2) is 18.2 Å². The molecule has 1 atom stereocenters. The number of aliphatic carboxylic acids is 1. The lowest BCUT2D eigenvalue weighted by atomic mass is 9.89. The third-order valence-electron chi connectivity index (χ3n) is 2.56. The van der Waals surface area contributed by atoms with Gasteiger partial charge in [0.1, 0.15) is 0 Å². The van der Waals surface area contributed by atoms with Gasteiger partial charge in [-0.15, -0.1) is 0 Å². The third-order valence-corrected chi connectivity index (χ3v) is 3.30. The molecular weight excluding hydrogens is 247 g/mol. The molecule has 0 heterocycles. The van der Waals surface area contributed by atoms with Crippen molar-refractivity contribution in [1.82, 2.24) is 0 Å². The van der Waals surface area contributed by atoms with Crippen molar-refractivity contribution in [2.24, 2.45) is 11.8 Å². The Labute approximate surface area is 105 Å². The first-order valence-corrected chi connectivity index (χ1v) is 5.84. The first-order chi connectivity index (χ1) is 7.41. The van der Waals surface area contributed by atoms with E-state index in [0.29, 0.717) is 16.5 Å². The maximum absolute atomic E-state index is 11.0. The highest BCUT2D eigenvalue weighted by atomic mass is 35.5. The van der Waals surface area contributed by atoms with Crippen molar-refractivity contribution in [2.75, 3.05) is 0 Å². The zero-order chi connectivity index (χ0) is 12.3. The average Bonchev–Trinajstić information content (AvgIpc) is 2.18. The standard InChI is InChI=1S/C12H14Cl2O2/c1-7(2)9(12(15)16)5-8-3-4-10(13)11(14)6-8/h3-4,6-7,9H,5H2,1-2H3,(H,15,16)/t9-/m0/s1. The minimum atomic E-state index is -0.777. The molecule has 0 unspecified atom stereocenters. The Morgan fingerprint density at radius 3 is 2.38 bits per heavy atom. The molecule has 0 aliphatic carbocycles. The Morgan fingerprint density at radius 2 is 1.94 bits per heavy atom. The zero-order valence-corrected chi connectivity index (χ0v) is 10.7. The topological polar surface area (TPSA) is 37.3 Å². The Balaban J connectivity index is 2.86. The molecule has 0 aliphatic heterocycles. The van der Waals surface area contributed by atoms with Crippen molar-refractivity contribution >= 4 is 29.2 Å². The van der Waals surface area contributed by atoms with Crippen molar-refractivity contribution in [2.45, 2.75) is 20.3 Å². The van der Waals surface area contributed by atoms with Gasteiger partial charge in [0.15, 0.2) is 0 Å². The molecule has 0 radical (unpaired) electrons. The molecule has 0 fully saturated rings. The summed E-state index contributed by atoms with van der Waals surface area (Å²) in [6, 6.07) is 5.23. The largest absolute Gasteiger partial charge is 0.481 e. The molecule has 1 aromatic rings. The summed E-state index contributed by atoms with van der Waals surface area (Å²) in [5.41, 5.74) is 0.899. The van der Waals surface area contributed by atoms with Crippen molar-refractivity contribution in [1.29, 1.82) is 0 Å². The Kier molecular flexibility index (Phi) is 4.63. The van der Waals surface area contributed by atoms with Crippen LogP contribution in [-0.4, -0.2) is 11.1 Å². The first kappa shape index (κ1) is 13.3. The average molecular weight is 261 g/mol. The van der Waals surface area contributed by atoms with Crippen LogP contribution in [-0.2, 0) is 11.2 Å². The van der Waals surface area contributed by atoms with Gasteiger partial charge in [0, 0.05) is 0 Å². The van der Waals surface area contributed by atoms with E-state index in [0.717, 1.165) is 5.56 Å². The second-order valence-corrected chi connectivity index (χ2v) is 4.96. The number of carboxylic acids is 1. The number of rotatable bonds is 4. The molecule has 0 saturated heterocycles. The summed E-state index contributed by atoms with van der Waals surface area (Å²) in [6.07, 6.45) is 0.476. The molecule has 1 rings (SSSR count). The van der Waals surface area contributed by atoms with E-state index in [1.165, 1.54) is 0 Å². The molecule has 16 heavy (non-hydrogen) atoms. The molecule has 0 saturated carbocycles. The van der Waals surface area contributed by atoms with Gasteiger partial charge in [-0.05, 0) is 30.0 Å². The summed E-state index contributed by atoms with van der Waals surface area (Å²) in [6.45, 7) is 3.80. The monoisotopic (exact) mass is 260 g/mol. The van der Waals surface area contributed by atoms with E-state index >= 15 is 0 Å². The molecule has 88 valence electrons. The molecule has 0 aliphatic rings. The fourth-order valence-corrected chi connectivity index (χ4v) is 1.85. The summed E-state index contributed by atoms with van der Waals surface area (Å²) < 4.78 is 0. The number of benzene rings is 1. The molecule has 4 heteroatoms. The van der Waals surface area contributed by atoms with Crippen LogP contribution in [0.5, 0.6) is 0 Å². The van der Waals surface area contributed by atoms with E-state index in [1.54, 1.807) is 12.1 Å². The number of carboxylic acid groups (broad SMARTS) is 1. The van der Waals surface area contributed by atoms with Gasteiger partial charge in [-0.1, -0.05) is 43.1 Å². The fourth-order valence-electron chi connectivity index (χ4n) is 1.53. The van der Waals surface area contributed by atoms with Gasteiger partial charge in [0.25, 0.3) is 0 Å². The van der Waals surface area contributed by atoms with E-state index in [2.05, 4.69) is 0 Å². The van der Waals surface area contributed by atoms with Crippen molar-refractivity contribution in [3.63, 3.8) is 0 Å². The minimum Gasteiger partial charge on any atom is -0.481 e. The molecule has 1 aromatic carbocycles. The highest BCUT2D eigenvalue weighted by molar-refractivity contribution is 6.42. The predicted octanol–water partition coefficient (Wildman–Crippen LogP) is 3.89. The lowest BCUT2D eigenvalue weighted by molar-refractivity contribution is -0.143. The van der Waals surface area contributed by atoms with Gasteiger partial charge in [-0.25, -0.2) is 0 Å². The second kappa shape index (κ2) is 5.55. The van der Waals surface area contributed by atoms with E-state index in [1.807, 2.05) is 19.9 Å². The van der Waals surface area contributed by atoms with Gasteiger partial charge in [-0.2, -0.15) is 0 Å². The Morgan fingerprint density at radius 1 is 1.31 bits per heavy atom. The van der Waals surface area contributed by atoms with Gasteiger partial charge in [-0.3, -0.25) is 4.79 Å². The smallest absolute Gasteiger partial charge is 0.307 e. The van der Waals surface area contributed by atoms with E-state index in [4.69, 9.17) is 28.3 Å². The van der Waals surface area contributed by atoms with E-state index in [-0.39, 0.29) is 5.92 Å². The van der Waals surface area contributed by atoms with E-state index in [9.17, 15) is 4.79 Å². The highest BCUT2D eigenvalue weighted by Crippen LogP contribution is 2.25. The number of carbonyl (C=O) groups is 1. The Hall–Kier alpha value is -0.730. The summed E-state index contributed by atoms with van der Waals surface area (Å²) in [4.78, 5) is 11.0. The van der Waals surface area contributed by atoms with Crippen LogP contribution in [0.1, 0.15) is 19.4 Å². The van der Waals surface area contributed by atoms with Gasteiger partial charge in [0.05, 0.1) is 16.0 Å². The van der Waals surface area contributed by atoms with Crippen LogP contribution < -0.4 is 0 Å². The summed E-state index contributed by atoms with van der Waals surface area (Å²) in [5, 5.41) is 10.0. The number of hydrogen-bond donors (Lipinski definition) is 1. The van der Waals surface area contributed by atoms with Crippen molar-refractivity contribution < 1.29 is 9.90 Å². The number of hydrogen-bond acceptors (Lipinski definition) is 1. The van der Waals surface area contributed by atoms with Crippen molar-refractivity contribution in [3.8, 4) is 0 Å². The predicted molar refractivity (Wildman–Crippen MR) is 66.1 cm³/mol. The fraction of sp³-hybridized carbons (Fsp3) is 0.417. The summed E-state index contributed by atoms with van der Waals surface area (Å²) in [7, 11) is 0. The van der Waals surface area contributed by atoms with Crippen LogP contribution in [0.3, 0.4) is 0 Å². The van der Waals surface area contributed by atoms with Crippen molar-refractivity contribution in [3.05, 3.63) is 33.8 Å². The molecule has 0 amide bonds. The molecular formula is C12H14Cl2O2. The lowest BCUT2D eigenvalue weighted by Crippen LogP contribution is -2.22. The highest BCUT2D eigenvalue weighted by Gasteiger charge is 2.21. The van der Waals surface area contributed by atoms with Gasteiger partial charge < -0.3 is 5.11 Å². The first-order valence-electron chi connectivity index (χ1n) is 5.08. The quantitative estimate of drug-likeness (QED) is 0.892. The van der Waals surface area contributed by atoms with Crippen LogP contribution in [0, 0.1) is 11.8 Å². The third kappa shape index (κ3) is 3.39. The second-order valence-electron chi connectivity index (χ2n) is 4.14. The molecule has 0 spiro atoms. The zero-order valence-electron chi connectivity index (χ0n) is 9.21. The molecule has 0 bridgehead atoms. The van der Waals surface area contributed by atoms with Crippen LogP contribution in [0.2, 0.25) is 10.0 Å². The normalized spacial score (nSPS) is 12.8. The summed E-state index contributed by atoms with van der Waals surface area (Å²) in [5.74, 6) is -1.08. The maximum Gasteiger partial charge on any atom is 0.307 e. The summed E-state index contributed by atoms with van der Waals surface area (Å²) >= 11 is 11.7. The molecule has 1 N–H and O–H groups in total. The Bertz CT molecular complexity index is 389. The molecule has 2 nitrogen and oxygen atoms in total. The number of halogens is 2. The van der Waals surface area contributed by atoms with Crippen LogP contribution in [0.25, 0.3) is 0 Å². The van der Waals surface area contributed by atoms with Gasteiger partial charge >= 0.3 is 5.97 Å². The van der Waals surface area contributed by atoms with Gasteiger partial charge in [0.2, 0.25) is 0 Å². The van der Waals surface area contributed by atoms with Crippen LogP contribution in [0.4, 0.5) is 0 Å². The minimum absolute atomic E-state index is 0.0898. The maximum atomic E-state index is 11.0. The lowest BCUT2D eigenvalue weighted by Gasteiger charge is -2.16. The SMILES string of the molecule is CC(C)[C@H](Cc1ccc(Cl)c(Cl)c1)C(=O)O. The van der Waals surface area contributed by atoms with Crippen LogP contribution >= 0.6 is 23.2 Å². The van der Waals surface area contributed by atoms with E-state index < -0.39 is 11.9 Å².